The smallest absolute Gasteiger partial charge is 0.377 e. The molecule has 3 unspecified atom stereocenters. The summed E-state index contributed by atoms with van der Waals surface area (Å²) in [4.78, 5) is 36.0. The zero-order valence-corrected chi connectivity index (χ0v) is 33.2. The van der Waals surface area contributed by atoms with E-state index >= 15 is 0 Å². The number of hydrogen-bond acceptors (Lipinski definition) is 11. The second kappa shape index (κ2) is 25.0. The number of hydrogen-bond donors (Lipinski definition) is 3. The fourth-order valence-electron chi connectivity index (χ4n) is 6.42. The zero-order chi connectivity index (χ0) is 37.6. The number of thioether (sulfide) groups is 1. The van der Waals surface area contributed by atoms with Crippen molar-refractivity contribution in [1.29, 1.82) is 0 Å². The second-order valence-electron chi connectivity index (χ2n) is 13.7. The molecule has 3 rings (SSSR count). The Bertz CT molecular complexity index is 1440. The van der Waals surface area contributed by atoms with Crippen LogP contribution >= 0.6 is 19.6 Å². The van der Waals surface area contributed by atoms with Gasteiger partial charge in [-0.1, -0.05) is 109 Å². The molecule has 0 bridgehead atoms. The zero-order valence-electron chi connectivity index (χ0n) is 31.5. The van der Waals surface area contributed by atoms with Crippen LogP contribution in [0.3, 0.4) is 0 Å². The highest BCUT2D eigenvalue weighted by molar-refractivity contribution is 7.99. The third kappa shape index (κ3) is 16.1. The molecule has 1 aliphatic heterocycles. The number of aromatic nitrogens is 4. The number of aromatic amines is 1. The lowest BCUT2D eigenvalue weighted by Crippen LogP contribution is -2.25. The molecule has 2 aromatic rings. The minimum atomic E-state index is -4.43. The van der Waals surface area contributed by atoms with E-state index in [4.69, 9.17) is 29.8 Å². The third-order valence-corrected chi connectivity index (χ3v) is 12.0. The van der Waals surface area contributed by atoms with Crippen molar-refractivity contribution >= 4 is 36.7 Å². The SMILES string of the molecule is CCCCCCCCCCCCSC(CCCCCCC)C(C)OCCCOP(=O)(O)OC[C@H]1O[C@@H](n2cnc3c(=O)[nH]c(N)nc32)C[C@@H]1N=[N+]=[N-]. The second-order valence-corrected chi connectivity index (χ2v) is 16.5. The normalized spacial score (nSPS) is 19.8. The molecule has 17 heteroatoms. The molecule has 0 aromatic carbocycles. The fraction of sp³-hybridized carbons (Fsp3) is 0.857. The number of phosphoric acid groups is 1. The van der Waals surface area contributed by atoms with Gasteiger partial charge in [-0.3, -0.25) is 23.4 Å². The van der Waals surface area contributed by atoms with Gasteiger partial charge in [0.05, 0.1) is 37.8 Å². The number of rotatable bonds is 30. The molecule has 1 saturated heterocycles. The van der Waals surface area contributed by atoms with Crippen LogP contribution in [0, 0.1) is 0 Å². The highest BCUT2D eigenvalue weighted by Crippen LogP contribution is 2.45. The van der Waals surface area contributed by atoms with E-state index in [2.05, 4.69) is 45.7 Å². The Balaban J connectivity index is 1.37. The number of nitrogens with one attached hydrogen (secondary N) is 1. The third-order valence-electron chi connectivity index (χ3n) is 9.44. The molecule has 1 aliphatic rings. The lowest BCUT2D eigenvalue weighted by atomic mass is 10.1. The Morgan fingerprint density at radius 3 is 2.38 bits per heavy atom. The average molecular weight is 771 g/mol. The van der Waals surface area contributed by atoms with E-state index in [0.29, 0.717) is 18.3 Å². The number of imidazole rings is 1. The van der Waals surface area contributed by atoms with Crippen LogP contribution in [0.15, 0.2) is 16.2 Å². The lowest BCUT2D eigenvalue weighted by molar-refractivity contribution is -0.0252. The van der Waals surface area contributed by atoms with E-state index in [1.165, 1.54) is 107 Å². The molecule has 296 valence electrons. The summed E-state index contributed by atoms with van der Waals surface area (Å²) in [5, 5.41) is 4.20. The molecule has 52 heavy (non-hydrogen) atoms. The molecule has 0 saturated carbocycles. The standard InChI is InChI=1S/C35H63N8O7PS/c1-4-6-8-10-11-12-13-14-16-18-23-52-30(20-17-15-9-7-5-2)27(3)47-21-19-22-48-51(45,46)49-25-29-28(41-42-37)24-31(50-29)43-26-38-32-33(43)39-35(36)40-34(32)44/h26-31H,4-25H2,1-3H3,(H,45,46)(H3,36,39,40,44)/t27?,28-,29+,30?,31+/m0/s1. The maximum Gasteiger partial charge on any atom is 0.472 e. The van der Waals surface area contributed by atoms with Crippen molar-refractivity contribution in [1.82, 2.24) is 19.5 Å². The van der Waals surface area contributed by atoms with Crippen LogP contribution in [0.5, 0.6) is 0 Å². The first-order valence-corrected chi connectivity index (χ1v) is 22.0. The minimum Gasteiger partial charge on any atom is -0.377 e. The van der Waals surface area contributed by atoms with Crippen LogP contribution in [0.1, 0.15) is 143 Å². The summed E-state index contributed by atoms with van der Waals surface area (Å²) < 4.78 is 36.9. The number of azide groups is 1. The molecular formula is C35H63N8O7PS. The molecule has 0 amide bonds. The number of nitrogen functional groups attached to an aromatic ring is 1. The maximum absolute atomic E-state index is 12.7. The number of nitrogens with two attached hydrogens (primary N) is 1. The predicted octanol–water partition coefficient (Wildman–Crippen LogP) is 8.98. The first-order valence-electron chi connectivity index (χ1n) is 19.5. The molecule has 3 heterocycles. The van der Waals surface area contributed by atoms with Gasteiger partial charge in [-0.25, -0.2) is 9.55 Å². The van der Waals surface area contributed by atoms with Crippen LogP contribution in [0.25, 0.3) is 21.6 Å². The molecule has 6 atom stereocenters. The quantitative estimate of drug-likeness (QED) is 0.0224. The summed E-state index contributed by atoms with van der Waals surface area (Å²) in [5.41, 5.74) is 14.6. The van der Waals surface area contributed by atoms with Gasteiger partial charge >= 0.3 is 7.82 Å². The summed E-state index contributed by atoms with van der Waals surface area (Å²) in [6.07, 6.45) is 21.2. The fourth-order valence-corrected chi connectivity index (χ4v) is 8.55. The van der Waals surface area contributed by atoms with Gasteiger partial charge in [-0.2, -0.15) is 16.7 Å². The highest BCUT2D eigenvalue weighted by atomic mass is 32.2. The molecule has 2 aromatic heterocycles. The topological polar surface area (TPSA) is 213 Å². The van der Waals surface area contributed by atoms with Crippen LogP contribution in [0.4, 0.5) is 5.95 Å². The average Bonchev–Trinajstić information content (AvgIpc) is 3.72. The number of H-pyrrole nitrogens is 1. The predicted molar refractivity (Wildman–Crippen MR) is 207 cm³/mol. The van der Waals surface area contributed by atoms with E-state index in [-0.39, 0.29) is 42.9 Å². The number of anilines is 1. The van der Waals surface area contributed by atoms with Crippen molar-refractivity contribution in [2.45, 2.75) is 166 Å². The van der Waals surface area contributed by atoms with E-state index in [1.807, 2.05) is 11.8 Å². The van der Waals surface area contributed by atoms with Crippen molar-refractivity contribution in [3.8, 4) is 0 Å². The van der Waals surface area contributed by atoms with E-state index in [9.17, 15) is 14.3 Å². The highest BCUT2D eigenvalue weighted by Gasteiger charge is 2.38. The Labute approximate surface area is 313 Å². The first-order chi connectivity index (χ1) is 25.2. The Kier molecular flexibility index (Phi) is 21.3. The van der Waals surface area contributed by atoms with Crippen molar-refractivity contribution in [3.05, 3.63) is 27.1 Å². The Hall–Kier alpha value is -2.16. The van der Waals surface area contributed by atoms with Gasteiger partial charge in [0.25, 0.3) is 5.56 Å². The molecule has 4 N–H and O–H groups in total. The maximum atomic E-state index is 12.7. The van der Waals surface area contributed by atoms with E-state index in [1.54, 1.807) is 0 Å². The molecule has 0 spiro atoms. The molecule has 0 radical (unpaired) electrons. The van der Waals surface area contributed by atoms with Gasteiger partial charge in [-0.15, -0.1) is 0 Å². The van der Waals surface area contributed by atoms with Crippen LogP contribution < -0.4 is 11.3 Å². The summed E-state index contributed by atoms with van der Waals surface area (Å²) in [5.74, 6) is 1.06. The monoisotopic (exact) mass is 770 g/mol. The summed E-state index contributed by atoms with van der Waals surface area (Å²) in [6, 6.07) is -0.718. The van der Waals surface area contributed by atoms with Gasteiger partial charge in [-0.05, 0) is 37.5 Å². The lowest BCUT2D eigenvalue weighted by Gasteiger charge is -2.24. The van der Waals surface area contributed by atoms with Gasteiger partial charge in [0.15, 0.2) is 11.2 Å². The number of unbranched alkanes of at least 4 members (excludes halogenated alkanes) is 13. The number of phosphoric ester groups is 1. The Morgan fingerprint density at radius 2 is 1.71 bits per heavy atom. The largest absolute Gasteiger partial charge is 0.472 e. The molecule has 15 nitrogen and oxygen atoms in total. The number of ether oxygens (including phenoxy) is 2. The molecule has 1 fully saturated rings. The summed E-state index contributed by atoms with van der Waals surface area (Å²) in [7, 11) is -4.43. The number of fused-ring (bicyclic) bond motifs is 1. The van der Waals surface area contributed by atoms with Crippen LogP contribution in [-0.2, 0) is 23.1 Å². The Morgan fingerprint density at radius 1 is 1.06 bits per heavy atom. The van der Waals surface area contributed by atoms with Crippen LogP contribution in [-0.4, -0.2) is 73.5 Å². The minimum absolute atomic E-state index is 0.0233. The van der Waals surface area contributed by atoms with Crippen molar-refractivity contribution in [2.24, 2.45) is 5.11 Å². The van der Waals surface area contributed by atoms with E-state index < -0.39 is 31.8 Å². The van der Waals surface area contributed by atoms with Crippen molar-refractivity contribution < 1.29 is 28.0 Å². The van der Waals surface area contributed by atoms with Gasteiger partial charge in [0, 0.05) is 23.2 Å². The molecular weight excluding hydrogens is 707 g/mol. The summed E-state index contributed by atoms with van der Waals surface area (Å²) in [6.45, 7) is 6.65. The van der Waals surface area contributed by atoms with Gasteiger partial charge in [0.1, 0.15) is 6.23 Å². The first kappa shape index (κ1) is 44.2. The van der Waals surface area contributed by atoms with Crippen LogP contribution in [0.2, 0.25) is 0 Å². The number of nitrogens with zero attached hydrogens (tertiary/aromatic N) is 6. The van der Waals surface area contributed by atoms with Gasteiger partial charge in [0.2, 0.25) is 5.95 Å². The van der Waals surface area contributed by atoms with Crippen molar-refractivity contribution in [3.63, 3.8) is 0 Å². The van der Waals surface area contributed by atoms with Crippen molar-refractivity contribution in [2.75, 3.05) is 31.3 Å². The summed E-state index contributed by atoms with van der Waals surface area (Å²) >= 11 is 2.03. The van der Waals surface area contributed by atoms with E-state index in [0.717, 1.165) is 12.2 Å². The molecule has 0 aliphatic carbocycles. The van der Waals surface area contributed by atoms with Gasteiger partial charge < -0.3 is 20.1 Å².